The van der Waals surface area contributed by atoms with Gasteiger partial charge in [0.15, 0.2) is 0 Å². The van der Waals surface area contributed by atoms with Crippen molar-refractivity contribution in [3.63, 3.8) is 0 Å². The summed E-state index contributed by atoms with van der Waals surface area (Å²) in [5, 5.41) is 1.02. The van der Waals surface area contributed by atoms with Crippen molar-refractivity contribution in [3.05, 3.63) is 29.6 Å². The smallest absolute Gasteiger partial charge is 0.0313 e. The Morgan fingerprint density at radius 1 is 1.46 bits per heavy atom. The topological polar surface area (TPSA) is 16.1 Å². The van der Waals surface area contributed by atoms with Crippen LogP contribution >= 0.6 is 15.9 Å². The first-order chi connectivity index (χ1) is 6.22. The second kappa shape index (κ2) is 5.35. The highest BCUT2D eigenvalue weighted by Gasteiger charge is 1.99. The molecule has 1 rings (SSSR count). The van der Waals surface area contributed by atoms with E-state index in [4.69, 9.17) is 0 Å². The largest absolute Gasteiger partial charge is 0.301 e. The standard InChI is InChI=1S/C10H15BrN2/c1-9-5-10(7-12-6-9)8-13(2)4-3-11/h5-7H,3-4,8H2,1-2H3. The molecule has 0 aliphatic heterocycles. The number of halogens is 1. The lowest BCUT2D eigenvalue weighted by molar-refractivity contribution is 0.349. The Balaban J connectivity index is 2.53. The summed E-state index contributed by atoms with van der Waals surface area (Å²) in [7, 11) is 2.11. The normalized spacial score (nSPS) is 10.8. The fourth-order valence-electron chi connectivity index (χ4n) is 1.24. The quantitative estimate of drug-likeness (QED) is 0.754. The van der Waals surface area contributed by atoms with Crippen LogP contribution in [0.3, 0.4) is 0 Å². The summed E-state index contributed by atoms with van der Waals surface area (Å²) in [4.78, 5) is 6.43. The molecule has 0 N–H and O–H groups in total. The third kappa shape index (κ3) is 3.87. The maximum absolute atomic E-state index is 4.16. The molecule has 2 nitrogen and oxygen atoms in total. The summed E-state index contributed by atoms with van der Waals surface area (Å²) in [6.45, 7) is 4.11. The second-order valence-corrected chi connectivity index (χ2v) is 4.09. The van der Waals surface area contributed by atoms with Crippen LogP contribution in [0.2, 0.25) is 0 Å². The number of pyridine rings is 1. The average Bonchev–Trinajstić information content (AvgIpc) is 2.04. The van der Waals surface area contributed by atoms with Crippen LogP contribution in [0.25, 0.3) is 0 Å². The molecule has 0 bridgehead atoms. The van der Waals surface area contributed by atoms with E-state index < -0.39 is 0 Å². The summed E-state index contributed by atoms with van der Waals surface area (Å²) in [6, 6.07) is 2.18. The van der Waals surface area contributed by atoms with Gasteiger partial charge in [0.2, 0.25) is 0 Å². The molecule has 0 fully saturated rings. The summed E-state index contributed by atoms with van der Waals surface area (Å²) in [5.41, 5.74) is 2.51. The van der Waals surface area contributed by atoms with Crippen molar-refractivity contribution in [3.8, 4) is 0 Å². The first-order valence-electron chi connectivity index (χ1n) is 4.37. The van der Waals surface area contributed by atoms with Gasteiger partial charge in [-0.15, -0.1) is 0 Å². The zero-order valence-electron chi connectivity index (χ0n) is 8.13. The highest BCUT2D eigenvalue weighted by molar-refractivity contribution is 9.09. The van der Waals surface area contributed by atoms with Crippen molar-refractivity contribution in [1.29, 1.82) is 0 Å². The molecule has 1 aromatic heterocycles. The van der Waals surface area contributed by atoms with Crippen LogP contribution in [0, 0.1) is 6.92 Å². The van der Waals surface area contributed by atoms with E-state index in [1.807, 2.05) is 12.4 Å². The SMILES string of the molecule is Cc1cncc(CN(C)CCBr)c1. The van der Waals surface area contributed by atoms with Gasteiger partial charge in [0, 0.05) is 30.8 Å². The third-order valence-electron chi connectivity index (χ3n) is 1.85. The Morgan fingerprint density at radius 2 is 2.23 bits per heavy atom. The molecular formula is C10H15BrN2. The van der Waals surface area contributed by atoms with Gasteiger partial charge in [0.1, 0.15) is 0 Å². The number of alkyl halides is 1. The first-order valence-corrected chi connectivity index (χ1v) is 5.49. The Labute approximate surface area is 88.1 Å². The van der Waals surface area contributed by atoms with Crippen LogP contribution in [0.5, 0.6) is 0 Å². The summed E-state index contributed by atoms with van der Waals surface area (Å²) >= 11 is 3.42. The van der Waals surface area contributed by atoms with Crippen LogP contribution < -0.4 is 0 Å². The van der Waals surface area contributed by atoms with Gasteiger partial charge in [-0.25, -0.2) is 0 Å². The molecule has 0 aliphatic rings. The number of hydrogen-bond acceptors (Lipinski definition) is 2. The summed E-state index contributed by atoms with van der Waals surface area (Å²) in [5.74, 6) is 0. The lowest BCUT2D eigenvalue weighted by Gasteiger charge is -2.14. The van der Waals surface area contributed by atoms with Gasteiger partial charge in [0.05, 0.1) is 0 Å². The maximum atomic E-state index is 4.16. The zero-order chi connectivity index (χ0) is 9.68. The van der Waals surface area contributed by atoms with Crippen molar-refractivity contribution in [2.75, 3.05) is 18.9 Å². The maximum Gasteiger partial charge on any atom is 0.0313 e. The van der Waals surface area contributed by atoms with Gasteiger partial charge in [-0.2, -0.15) is 0 Å². The Kier molecular flexibility index (Phi) is 4.39. The molecule has 3 heteroatoms. The predicted molar refractivity (Wildman–Crippen MR) is 59.1 cm³/mol. The molecule has 72 valence electrons. The molecule has 1 aromatic rings. The van der Waals surface area contributed by atoms with E-state index in [1.165, 1.54) is 11.1 Å². The van der Waals surface area contributed by atoms with E-state index in [1.54, 1.807) is 0 Å². The number of aromatic nitrogens is 1. The lowest BCUT2D eigenvalue weighted by atomic mass is 10.2. The van der Waals surface area contributed by atoms with Crippen LogP contribution in [-0.2, 0) is 6.54 Å². The summed E-state index contributed by atoms with van der Waals surface area (Å²) in [6.07, 6.45) is 3.81. The van der Waals surface area contributed by atoms with Gasteiger partial charge in [-0.3, -0.25) is 4.98 Å². The highest BCUT2D eigenvalue weighted by atomic mass is 79.9. The van der Waals surface area contributed by atoms with Gasteiger partial charge in [0.25, 0.3) is 0 Å². The third-order valence-corrected chi connectivity index (χ3v) is 2.20. The van der Waals surface area contributed by atoms with E-state index in [0.717, 1.165) is 18.4 Å². The van der Waals surface area contributed by atoms with Crippen molar-refractivity contribution >= 4 is 15.9 Å². The Morgan fingerprint density at radius 3 is 2.85 bits per heavy atom. The van der Waals surface area contributed by atoms with Crippen molar-refractivity contribution < 1.29 is 0 Å². The molecular weight excluding hydrogens is 228 g/mol. The van der Waals surface area contributed by atoms with E-state index in [-0.39, 0.29) is 0 Å². The highest BCUT2D eigenvalue weighted by Crippen LogP contribution is 2.04. The Hall–Kier alpha value is -0.410. The molecule has 0 spiro atoms. The Bertz CT molecular complexity index is 263. The van der Waals surface area contributed by atoms with Crippen LogP contribution in [0.1, 0.15) is 11.1 Å². The molecule has 0 radical (unpaired) electrons. The first kappa shape index (κ1) is 10.7. The fraction of sp³-hybridized carbons (Fsp3) is 0.500. The molecule has 0 aliphatic carbocycles. The minimum absolute atomic E-state index is 0.972. The predicted octanol–water partition coefficient (Wildman–Crippen LogP) is 2.22. The molecule has 0 saturated carbocycles. The van der Waals surface area contributed by atoms with Gasteiger partial charge in [-0.1, -0.05) is 22.0 Å². The van der Waals surface area contributed by atoms with E-state index in [9.17, 15) is 0 Å². The number of rotatable bonds is 4. The summed E-state index contributed by atoms with van der Waals surface area (Å²) < 4.78 is 0. The lowest BCUT2D eigenvalue weighted by Crippen LogP contribution is -2.19. The van der Waals surface area contributed by atoms with E-state index in [2.05, 4.69) is 45.9 Å². The molecule has 13 heavy (non-hydrogen) atoms. The second-order valence-electron chi connectivity index (χ2n) is 3.30. The number of nitrogens with zero attached hydrogens (tertiary/aromatic N) is 2. The van der Waals surface area contributed by atoms with Crippen LogP contribution in [-0.4, -0.2) is 28.8 Å². The van der Waals surface area contributed by atoms with Crippen molar-refractivity contribution in [2.45, 2.75) is 13.5 Å². The van der Waals surface area contributed by atoms with Gasteiger partial charge >= 0.3 is 0 Å². The van der Waals surface area contributed by atoms with E-state index >= 15 is 0 Å². The van der Waals surface area contributed by atoms with Gasteiger partial charge in [-0.05, 0) is 25.1 Å². The molecule has 0 unspecified atom stereocenters. The minimum atomic E-state index is 0.972. The van der Waals surface area contributed by atoms with Crippen molar-refractivity contribution in [2.24, 2.45) is 0 Å². The zero-order valence-corrected chi connectivity index (χ0v) is 9.71. The monoisotopic (exact) mass is 242 g/mol. The molecule has 0 aromatic carbocycles. The number of aryl methyl sites for hydroxylation is 1. The molecule has 0 amide bonds. The van der Waals surface area contributed by atoms with Crippen LogP contribution in [0.15, 0.2) is 18.5 Å². The fourth-order valence-corrected chi connectivity index (χ4v) is 1.84. The van der Waals surface area contributed by atoms with Crippen LogP contribution in [0.4, 0.5) is 0 Å². The average molecular weight is 243 g/mol. The van der Waals surface area contributed by atoms with Gasteiger partial charge < -0.3 is 4.90 Å². The molecule has 1 heterocycles. The van der Waals surface area contributed by atoms with Crippen molar-refractivity contribution in [1.82, 2.24) is 9.88 Å². The molecule has 0 atom stereocenters. The number of hydrogen-bond donors (Lipinski definition) is 0. The van der Waals surface area contributed by atoms with E-state index in [0.29, 0.717) is 0 Å². The molecule has 0 saturated heterocycles. The minimum Gasteiger partial charge on any atom is -0.301 e.